The van der Waals surface area contributed by atoms with Gasteiger partial charge in [-0.15, -0.1) is 0 Å². The van der Waals surface area contributed by atoms with Crippen LogP contribution in [0.4, 0.5) is 0 Å². The molecule has 1 amide bonds. The van der Waals surface area contributed by atoms with E-state index in [1.54, 1.807) is 0 Å². The van der Waals surface area contributed by atoms with Crippen molar-refractivity contribution < 1.29 is 9.53 Å². The van der Waals surface area contributed by atoms with Gasteiger partial charge in [0, 0.05) is 19.1 Å². The Labute approximate surface area is 84.4 Å². The summed E-state index contributed by atoms with van der Waals surface area (Å²) < 4.78 is 5.23. The van der Waals surface area contributed by atoms with E-state index in [-0.39, 0.29) is 18.0 Å². The van der Waals surface area contributed by atoms with Gasteiger partial charge in [-0.1, -0.05) is 6.92 Å². The molecule has 0 saturated carbocycles. The largest absolute Gasteiger partial charge is 0.378 e. The van der Waals surface area contributed by atoms with Gasteiger partial charge < -0.3 is 16.2 Å². The third-order valence-corrected chi connectivity index (χ3v) is 2.71. The number of rotatable bonds is 4. The predicted octanol–water partition coefficient (Wildman–Crippen LogP) is -1.09. The molecule has 1 rings (SSSR count). The molecule has 82 valence electrons. The minimum absolute atomic E-state index is 0.233. The molecule has 0 spiro atoms. The summed E-state index contributed by atoms with van der Waals surface area (Å²) in [5.41, 5.74) is 10.9. The van der Waals surface area contributed by atoms with Crippen molar-refractivity contribution in [3.63, 3.8) is 0 Å². The molecule has 0 aromatic heterocycles. The second kappa shape index (κ2) is 5.29. The highest BCUT2D eigenvalue weighted by Gasteiger charge is 2.31. The first-order valence-corrected chi connectivity index (χ1v) is 5.03. The summed E-state index contributed by atoms with van der Waals surface area (Å²) in [6, 6.07) is -0.0753. The van der Waals surface area contributed by atoms with Gasteiger partial charge in [0.15, 0.2) is 0 Å². The van der Waals surface area contributed by atoms with E-state index in [1.807, 2.05) is 0 Å². The van der Waals surface area contributed by atoms with Crippen LogP contribution in [0, 0.1) is 0 Å². The molecule has 5 heteroatoms. The Morgan fingerprint density at radius 3 is 2.93 bits per heavy atom. The van der Waals surface area contributed by atoms with E-state index in [2.05, 4.69) is 11.8 Å². The molecular formula is C9H19N3O2. The highest BCUT2D eigenvalue weighted by Crippen LogP contribution is 2.12. The van der Waals surface area contributed by atoms with Crippen molar-refractivity contribution in [2.45, 2.75) is 25.4 Å². The zero-order valence-electron chi connectivity index (χ0n) is 8.61. The number of ether oxygens (including phenoxy) is 1. The van der Waals surface area contributed by atoms with Crippen LogP contribution in [0.5, 0.6) is 0 Å². The van der Waals surface area contributed by atoms with Crippen molar-refractivity contribution in [2.75, 3.05) is 26.3 Å². The number of carbonyl (C=O) groups is 1. The highest BCUT2D eigenvalue weighted by molar-refractivity contribution is 5.80. The lowest BCUT2D eigenvalue weighted by Crippen LogP contribution is -2.57. The number of hydrogen-bond acceptors (Lipinski definition) is 4. The van der Waals surface area contributed by atoms with E-state index >= 15 is 0 Å². The number of amides is 1. The molecule has 0 bridgehead atoms. The molecule has 5 nitrogen and oxygen atoms in total. The Bertz CT molecular complexity index is 194. The van der Waals surface area contributed by atoms with Crippen LogP contribution >= 0.6 is 0 Å². The van der Waals surface area contributed by atoms with Gasteiger partial charge in [-0.3, -0.25) is 9.69 Å². The second-order valence-corrected chi connectivity index (χ2v) is 3.53. The third kappa shape index (κ3) is 2.43. The first-order chi connectivity index (χ1) is 6.70. The molecular weight excluding hydrogens is 182 g/mol. The van der Waals surface area contributed by atoms with Crippen molar-refractivity contribution in [1.29, 1.82) is 0 Å². The van der Waals surface area contributed by atoms with Crippen LogP contribution in [0.15, 0.2) is 0 Å². The highest BCUT2D eigenvalue weighted by atomic mass is 16.5. The molecule has 1 fully saturated rings. The van der Waals surface area contributed by atoms with E-state index in [0.29, 0.717) is 19.8 Å². The normalized spacial score (nSPS) is 26.0. The zero-order valence-corrected chi connectivity index (χ0v) is 8.61. The van der Waals surface area contributed by atoms with Gasteiger partial charge in [0.05, 0.1) is 13.2 Å². The summed E-state index contributed by atoms with van der Waals surface area (Å²) in [5.74, 6) is -0.323. The number of nitrogens with zero attached hydrogens (tertiary/aromatic N) is 1. The maximum atomic E-state index is 11.2. The molecule has 14 heavy (non-hydrogen) atoms. The van der Waals surface area contributed by atoms with Crippen molar-refractivity contribution in [3.8, 4) is 0 Å². The van der Waals surface area contributed by atoms with Crippen LogP contribution in [0.2, 0.25) is 0 Å². The molecule has 0 aromatic carbocycles. The number of primary amides is 1. The van der Waals surface area contributed by atoms with Gasteiger partial charge >= 0.3 is 0 Å². The van der Waals surface area contributed by atoms with Crippen LogP contribution < -0.4 is 11.5 Å². The quantitative estimate of drug-likeness (QED) is 0.605. The van der Waals surface area contributed by atoms with Gasteiger partial charge in [0.25, 0.3) is 0 Å². The summed E-state index contributed by atoms with van der Waals surface area (Å²) in [4.78, 5) is 13.2. The minimum Gasteiger partial charge on any atom is -0.378 e. The molecule has 0 aromatic rings. The summed E-state index contributed by atoms with van der Waals surface area (Å²) in [7, 11) is 0. The van der Waals surface area contributed by atoms with Gasteiger partial charge in [-0.05, 0) is 6.42 Å². The fraction of sp³-hybridized carbons (Fsp3) is 0.889. The lowest BCUT2D eigenvalue weighted by molar-refractivity contribution is -0.131. The van der Waals surface area contributed by atoms with Gasteiger partial charge in [0.2, 0.25) is 5.91 Å². The third-order valence-electron chi connectivity index (χ3n) is 2.71. The lowest BCUT2D eigenvalue weighted by Gasteiger charge is -2.38. The fourth-order valence-corrected chi connectivity index (χ4v) is 1.84. The van der Waals surface area contributed by atoms with E-state index in [9.17, 15) is 4.79 Å². The van der Waals surface area contributed by atoms with Gasteiger partial charge in [-0.25, -0.2) is 0 Å². The molecule has 1 aliphatic rings. The first-order valence-electron chi connectivity index (χ1n) is 5.03. The maximum Gasteiger partial charge on any atom is 0.237 e. The number of carbonyl (C=O) groups excluding carboxylic acids is 1. The second-order valence-electron chi connectivity index (χ2n) is 3.53. The summed E-state index contributed by atoms with van der Waals surface area (Å²) >= 11 is 0. The lowest BCUT2D eigenvalue weighted by atomic mass is 10.1. The Hall–Kier alpha value is -0.650. The monoisotopic (exact) mass is 201 g/mol. The predicted molar refractivity (Wildman–Crippen MR) is 53.6 cm³/mol. The summed E-state index contributed by atoms with van der Waals surface area (Å²) in [6.45, 7) is 4.40. The van der Waals surface area contributed by atoms with E-state index in [1.165, 1.54) is 0 Å². The molecule has 1 saturated heterocycles. The summed E-state index contributed by atoms with van der Waals surface area (Å²) in [5, 5.41) is 0. The smallest absolute Gasteiger partial charge is 0.237 e. The van der Waals surface area contributed by atoms with Crippen molar-refractivity contribution in [1.82, 2.24) is 4.90 Å². The number of morpholine rings is 1. The zero-order chi connectivity index (χ0) is 10.6. The molecule has 2 atom stereocenters. The average molecular weight is 201 g/mol. The Morgan fingerprint density at radius 1 is 1.71 bits per heavy atom. The molecule has 0 radical (unpaired) electrons. The van der Waals surface area contributed by atoms with Crippen LogP contribution in [0.3, 0.4) is 0 Å². The van der Waals surface area contributed by atoms with E-state index < -0.39 is 0 Å². The van der Waals surface area contributed by atoms with Crippen LogP contribution in [-0.2, 0) is 9.53 Å². The molecule has 4 N–H and O–H groups in total. The maximum absolute atomic E-state index is 11.2. The summed E-state index contributed by atoms with van der Waals surface area (Å²) in [6.07, 6.45) is 0.931. The van der Waals surface area contributed by atoms with Crippen LogP contribution in [-0.4, -0.2) is 49.2 Å². The van der Waals surface area contributed by atoms with Crippen molar-refractivity contribution in [3.05, 3.63) is 0 Å². The molecule has 2 unspecified atom stereocenters. The first kappa shape index (κ1) is 11.4. The van der Waals surface area contributed by atoms with E-state index in [4.69, 9.17) is 16.2 Å². The number of hydrogen-bond donors (Lipinski definition) is 2. The van der Waals surface area contributed by atoms with Crippen LogP contribution in [0.1, 0.15) is 13.3 Å². The van der Waals surface area contributed by atoms with Crippen LogP contribution in [0.25, 0.3) is 0 Å². The Morgan fingerprint density at radius 2 is 2.43 bits per heavy atom. The van der Waals surface area contributed by atoms with Gasteiger partial charge in [0.1, 0.15) is 6.04 Å². The Kier molecular flexibility index (Phi) is 4.31. The molecule has 1 aliphatic heterocycles. The van der Waals surface area contributed by atoms with Crippen molar-refractivity contribution in [2.24, 2.45) is 11.5 Å². The fourth-order valence-electron chi connectivity index (χ4n) is 1.84. The van der Waals surface area contributed by atoms with Gasteiger partial charge in [-0.2, -0.15) is 0 Å². The standard InChI is InChI=1S/C9H19N3O2/c1-2-7(5-10)12-3-4-14-6-8(12)9(11)13/h7-8H,2-6,10H2,1H3,(H2,11,13). The van der Waals surface area contributed by atoms with Crippen molar-refractivity contribution >= 4 is 5.91 Å². The SMILES string of the molecule is CCC(CN)N1CCOCC1C(N)=O. The number of nitrogens with two attached hydrogens (primary N) is 2. The molecule has 1 heterocycles. The minimum atomic E-state index is -0.323. The topological polar surface area (TPSA) is 81.6 Å². The average Bonchev–Trinajstić information content (AvgIpc) is 2.20. The van der Waals surface area contributed by atoms with E-state index in [0.717, 1.165) is 13.0 Å². The molecule has 0 aliphatic carbocycles. The Balaban J connectivity index is 2.65.